The predicted octanol–water partition coefficient (Wildman–Crippen LogP) is 3.92. The van der Waals surface area contributed by atoms with E-state index in [0.29, 0.717) is 12.5 Å². The zero-order valence-corrected chi connectivity index (χ0v) is 9.84. The van der Waals surface area contributed by atoms with Gasteiger partial charge in [0.1, 0.15) is 0 Å². The molecule has 0 saturated heterocycles. The molecule has 0 aliphatic heterocycles. The van der Waals surface area contributed by atoms with Crippen LogP contribution in [0.25, 0.3) is 0 Å². The molecular formula is C13H26O. The SMILES string of the molecule is CCCCCCC/C=C\C(C)CCO. The lowest BCUT2D eigenvalue weighted by Crippen LogP contribution is -1.92. The van der Waals surface area contributed by atoms with Gasteiger partial charge in [0, 0.05) is 6.61 Å². The van der Waals surface area contributed by atoms with Crippen molar-refractivity contribution in [1.82, 2.24) is 0 Å². The van der Waals surface area contributed by atoms with Crippen LogP contribution in [0.3, 0.4) is 0 Å². The maximum absolute atomic E-state index is 8.70. The van der Waals surface area contributed by atoms with Gasteiger partial charge in [0.25, 0.3) is 0 Å². The second kappa shape index (κ2) is 10.8. The van der Waals surface area contributed by atoms with E-state index < -0.39 is 0 Å². The highest BCUT2D eigenvalue weighted by Crippen LogP contribution is 2.07. The van der Waals surface area contributed by atoms with Crippen molar-refractivity contribution in [2.45, 2.75) is 58.8 Å². The molecular weight excluding hydrogens is 172 g/mol. The summed E-state index contributed by atoms with van der Waals surface area (Å²) in [6, 6.07) is 0. The summed E-state index contributed by atoms with van der Waals surface area (Å²) in [6.07, 6.45) is 13.4. The zero-order valence-electron chi connectivity index (χ0n) is 9.84. The first kappa shape index (κ1) is 13.7. The van der Waals surface area contributed by atoms with Crippen molar-refractivity contribution in [3.8, 4) is 0 Å². The Balaban J connectivity index is 3.17. The highest BCUT2D eigenvalue weighted by atomic mass is 16.2. The van der Waals surface area contributed by atoms with E-state index in [1.54, 1.807) is 0 Å². The third-order valence-corrected chi connectivity index (χ3v) is 2.52. The van der Waals surface area contributed by atoms with Gasteiger partial charge in [0.2, 0.25) is 0 Å². The van der Waals surface area contributed by atoms with E-state index in [1.807, 2.05) is 0 Å². The predicted molar refractivity (Wildman–Crippen MR) is 63.4 cm³/mol. The van der Waals surface area contributed by atoms with Crippen LogP contribution in [0, 0.1) is 5.92 Å². The second-order valence-electron chi connectivity index (χ2n) is 4.12. The summed E-state index contributed by atoms with van der Waals surface area (Å²) in [7, 11) is 0. The van der Waals surface area contributed by atoms with Gasteiger partial charge >= 0.3 is 0 Å². The van der Waals surface area contributed by atoms with Gasteiger partial charge in [0.05, 0.1) is 0 Å². The van der Waals surface area contributed by atoms with Crippen LogP contribution in [0.5, 0.6) is 0 Å². The number of allylic oxidation sites excluding steroid dienone is 2. The molecule has 0 bridgehead atoms. The maximum Gasteiger partial charge on any atom is 0.0436 e. The Labute approximate surface area is 89.2 Å². The van der Waals surface area contributed by atoms with E-state index in [1.165, 1.54) is 38.5 Å². The van der Waals surface area contributed by atoms with Crippen LogP contribution in [-0.4, -0.2) is 11.7 Å². The Kier molecular flexibility index (Phi) is 10.5. The van der Waals surface area contributed by atoms with Crippen LogP contribution in [0.15, 0.2) is 12.2 Å². The topological polar surface area (TPSA) is 20.2 Å². The summed E-state index contributed by atoms with van der Waals surface area (Å²) < 4.78 is 0. The number of hydrogen-bond donors (Lipinski definition) is 1. The van der Waals surface area contributed by atoms with E-state index in [4.69, 9.17) is 5.11 Å². The lowest BCUT2D eigenvalue weighted by atomic mass is 10.1. The van der Waals surface area contributed by atoms with Crippen LogP contribution < -0.4 is 0 Å². The molecule has 0 aliphatic rings. The molecule has 0 aromatic rings. The third-order valence-electron chi connectivity index (χ3n) is 2.52. The van der Waals surface area contributed by atoms with Gasteiger partial charge < -0.3 is 5.11 Å². The van der Waals surface area contributed by atoms with Crippen molar-refractivity contribution >= 4 is 0 Å². The van der Waals surface area contributed by atoms with Crippen LogP contribution in [-0.2, 0) is 0 Å². The summed E-state index contributed by atoms with van der Waals surface area (Å²) in [4.78, 5) is 0. The molecule has 0 aromatic heterocycles. The molecule has 0 spiro atoms. The highest BCUT2D eigenvalue weighted by Gasteiger charge is 1.93. The number of rotatable bonds is 9. The van der Waals surface area contributed by atoms with Crippen molar-refractivity contribution in [3.63, 3.8) is 0 Å². The fraction of sp³-hybridized carbons (Fsp3) is 0.846. The maximum atomic E-state index is 8.70. The average Bonchev–Trinajstić information content (AvgIpc) is 2.17. The van der Waals surface area contributed by atoms with Gasteiger partial charge in [-0.2, -0.15) is 0 Å². The first-order valence-corrected chi connectivity index (χ1v) is 6.08. The van der Waals surface area contributed by atoms with Crippen LogP contribution in [0.1, 0.15) is 58.8 Å². The standard InChI is InChI=1S/C13H26O/c1-3-4-5-6-7-8-9-10-13(2)11-12-14/h9-10,13-14H,3-8,11-12H2,1-2H3/b10-9-. The molecule has 1 unspecified atom stereocenters. The second-order valence-corrected chi connectivity index (χ2v) is 4.12. The number of unbranched alkanes of at least 4 members (excludes halogenated alkanes) is 5. The molecule has 0 saturated carbocycles. The molecule has 1 atom stereocenters. The van der Waals surface area contributed by atoms with E-state index >= 15 is 0 Å². The molecule has 1 N–H and O–H groups in total. The molecule has 0 heterocycles. The monoisotopic (exact) mass is 198 g/mol. The summed E-state index contributed by atoms with van der Waals surface area (Å²) >= 11 is 0. The number of hydrogen-bond acceptors (Lipinski definition) is 1. The Morgan fingerprint density at radius 2 is 1.86 bits per heavy atom. The fourth-order valence-electron chi connectivity index (χ4n) is 1.49. The van der Waals surface area contributed by atoms with Crippen molar-refractivity contribution in [1.29, 1.82) is 0 Å². The Morgan fingerprint density at radius 1 is 1.14 bits per heavy atom. The molecule has 0 aromatic carbocycles. The summed E-state index contributed by atoms with van der Waals surface area (Å²) in [6.45, 7) is 4.71. The van der Waals surface area contributed by atoms with Gasteiger partial charge in [-0.05, 0) is 25.2 Å². The quantitative estimate of drug-likeness (QED) is 0.440. The first-order chi connectivity index (χ1) is 6.81. The molecule has 0 fully saturated rings. The molecule has 0 amide bonds. The minimum atomic E-state index is 0.308. The van der Waals surface area contributed by atoms with Gasteiger partial charge in [0.15, 0.2) is 0 Å². The summed E-state index contributed by atoms with van der Waals surface area (Å²) in [5, 5.41) is 8.70. The molecule has 1 nitrogen and oxygen atoms in total. The molecule has 0 rings (SSSR count). The molecule has 0 aliphatic carbocycles. The number of aliphatic hydroxyl groups excluding tert-OH is 1. The van der Waals surface area contributed by atoms with Crippen molar-refractivity contribution in [2.24, 2.45) is 5.92 Å². The van der Waals surface area contributed by atoms with Crippen LogP contribution >= 0.6 is 0 Å². The van der Waals surface area contributed by atoms with E-state index in [9.17, 15) is 0 Å². The lowest BCUT2D eigenvalue weighted by molar-refractivity contribution is 0.274. The van der Waals surface area contributed by atoms with Crippen LogP contribution in [0.4, 0.5) is 0 Å². The third kappa shape index (κ3) is 9.79. The van der Waals surface area contributed by atoms with Gasteiger partial charge in [-0.15, -0.1) is 0 Å². The molecule has 84 valence electrons. The Morgan fingerprint density at radius 3 is 2.50 bits per heavy atom. The van der Waals surface area contributed by atoms with Crippen LogP contribution in [0.2, 0.25) is 0 Å². The van der Waals surface area contributed by atoms with Crippen molar-refractivity contribution in [3.05, 3.63) is 12.2 Å². The van der Waals surface area contributed by atoms with Crippen molar-refractivity contribution in [2.75, 3.05) is 6.61 Å². The Hall–Kier alpha value is -0.300. The highest BCUT2D eigenvalue weighted by molar-refractivity contribution is 4.86. The first-order valence-electron chi connectivity index (χ1n) is 6.08. The van der Waals surface area contributed by atoms with Gasteiger partial charge in [-0.25, -0.2) is 0 Å². The largest absolute Gasteiger partial charge is 0.396 e. The average molecular weight is 198 g/mol. The normalized spacial score (nSPS) is 13.6. The molecule has 1 heteroatoms. The van der Waals surface area contributed by atoms with E-state index in [-0.39, 0.29) is 0 Å². The summed E-state index contributed by atoms with van der Waals surface area (Å²) in [5.41, 5.74) is 0. The van der Waals surface area contributed by atoms with Gasteiger partial charge in [-0.1, -0.05) is 51.7 Å². The van der Waals surface area contributed by atoms with Gasteiger partial charge in [-0.3, -0.25) is 0 Å². The van der Waals surface area contributed by atoms with E-state index in [0.717, 1.165) is 6.42 Å². The smallest absolute Gasteiger partial charge is 0.0436 e. The molecule has 14 heavy (non-hydrogen) atoms. The minimum absolute atomic E-state index is 0.308. The Bertz CT molecular complexity index is 129. The fourth-order valence-corrected chi connectivity index (χ4v) is 1.49. The zero-order chi connectivity index (χ0) is 10.6. The lowest BCUT2D eigenvalue weighted by Gasteiger charge is -2.01. The van der Waals surface area contributed by atoms with Crippen molar-refractivity contribution < 1.29 is 5.11 Å². The summed E-state index contributed by atoms with van der Waals surface area (Å²) in [5.74, 6) is 0.538. The van der Waals surface area contributed by atoms with E-state index in [2.05, 4.69) is 26.0 Å². The molecule has 0 radical (unpaired) electrons. The number of aliphatic hydroxyl groups is 1. The minimum Gasteiger partial charge on any atom is -0.396 e.